The first kappa shape index (κ1) is 16.2. The second kappa shape index (κ2) is 8.33. The molecule has 0 radical (unpaired) electrons. The van der Waals surface area contributed by atoms with Crippen molar-refractivity contribution in [1.29, 1.82) is 0 Å². The number of carbonyl (C=O) groups is 1. The molecule has 0 saturated heterocycles. The second-order valence-corrected chi connectivity index (χ2v) is 5.82. The molecule has 0 bridgehead atoms. The van der Waals surface area contributed by atoms with E-state index in [2.05, 4.69) is 29.8 Å². The molecule has 0 heterocycles. The summed E-state index contributed by atoms with van der Waals surface area (Å²) in [6, 6.07) is 3.69. The van der Waals surface area contributed by atoms with Gasteiger partial charge in [-0.1, -0.05) is 29.8 Å². The monoisotopic (exact) mass is 328 g/mol. The molecule has 0 N–H and O–H groups in total. The molecule has 19 heavy (non-hydrogen) atoms. The number of aryl methyl sites for hydroxylation is 1. The van der Waals surface area contributed by atoms with E-state index in [1.54, 1.807) is 6.07 Å². The van der Waals surface area contributed by atoms with E-state index < -0.39 is 0 Å². The van der Waals surface area contributed by atoms with Gasteiger partial charge < -0.3 is 9.47 Å². The molecule has 0 aliphatic carbocycles. The Kier molecular flexibility index (Phi) is 7.10. The summed E-state index contributed by atoms with van der Waals surface area (Å²) >= 11 is 3.36. The first-order valence-corrected chi connectivity index (χ1v) is 7.29. The van der Waals surface area contributed by atoms with Crippen molar-refractivity contribution >= 4 is 22.2 Å². The van der Waals surface area contributed by atoms with Crippen LogP contribution in [0, 0.1) is 12.8 Å². The van der Waals surface area contributed by atoms with Crippen molar-refractivity contribution in [3.8, 4) is 5.75 Å². The Hall–Kier alpha value is -0.870. The van der Waals surface area contributed by atoms with Gasteiger partial charge in [0, 0.05) is 11.1 Å². The Morgan fingerprint density at radius 1 is 1.26 bits per heavy atom. The van der Waals surface area contributed by atoms with Gasteiger partial charge in [-0.05, 0) is 37.0 Å². The van der Waals surface area contributed by atoms with E-state index in [9.17, 15) is 4.79 Å². The minimum atomic E-state index is 0.460. The SMILES string of the molecule is Cc1cc(Br)cc(C=O)c1OCCOCCC(C)C. The minimum absolute atomic E-state index is 0.460. The van der Waals surface area contributed by atoms with Crippen LogP contribution in [0.4, 0.5) is 0 Å². The van der Waals surface area contributed by atoms with E-state index in [0.717, 1.165) is 29.4 Å². The average molecular weight is 329 g/mol. The maximum atomic E-state index is 11.0. The van der Waals surface area contributed by atoms with Crippen molar-refractivity contribution in [3.63, 3.8) is 0 Å². The van der Waals surface area contributed by atoms with Crippen molar-refractivity contribution in [2.45, 2.75) is 27.2 Å². The number of hydrogen-bond donors (Lipinski definition) is 0. The van der Waals surface area contributed by atoms with Crippen LogP contribution in [0.25, 0.3) is 0 Å². The van der Waals surface area contributed by atoms with Gasteiger partial charge in [-0.3, -0.25) is 4.79 Å². The quantitative estimate of drug-likeness (QED) is 0.534. The average Bonchev–Trinajstić information content (AvgIpc) is 2.34. The van der Waals surface area contributed by atoms with Gasteiger partial charge in [-0.2, -0.15) is 0 Å². The second-order valence-electron chi connectivity index (χ2n) is 4.90. The summed E-state index contributed by atoms with van der Waals surface area (Å²) in [5.41, 5.74) is 1.51. The van der Waals surface area contributed by atoms with Gasteiger partial charge in [0.1, 0.15) is 12.4 Å². The molecule has 0 aliphatic rings. The van der Waals surface area contributed by atoms with Crippen LogP contribution in [0.5, 0.6) is 5.75 Å². The Labute approximate surface area is 123 Å². The number of halogens is 1. The van der Waals surface area contributed by atoms with Gasteiger partial charge in [0.15, 0.2) is 6.29 Å². The molecule has 1 aromatic rings. The molecule has 0 atom stereocenters. The molecular weight excluding hydrogens is 308 g/mol. The summed E-state index contributed by atoms with van der Waals surface area (Å²) in [5, 5.41) is 0. The van der Waals surface area contributed by atoms with Crippen LogP contribution >= 0.6 is 15.9 Å². The molecule has 0 fully saturated rings. The molecule has 0 aliphatic heterocycles. The highest BCUT2D eigenvalue weighted by Gasteiger charge is 2.08. The number of benzene rings is 1. The van der Waals surface area contributed by atoms with E-state index in [1.165, 1.54) is 0 Å². The van der Waals surface area contributed by atoms with E-state index in [0.29, 0.717) is 30.4 Å². The zero-order valence-electron chi connectivity index (χ0n) is 11.7. The number of rotatable bonds is 8. The maximum Gasteiger partial charge on any atom is 0.153 e. The summed E-state index contributed by atoms with van der Waals surface area (Å²) in [5.74, 6) is 1.29. The summed E-state index contributed by atoms with van der Waals surface area (Å²) in [4.78, 5) is 11.0. The minimum Gasteiger partial charge on any atom is -0.490 e. The molecule has 106 valence electrons. The summed E-state index contributed by atoms with van der Waals surface area (Å²) in [6.45, 7) is 8.01. The van der Waals surface area contributed by atoms with E-state index in [-0.39, 0.29) is 0 Å². The van der Waals surface area contributed by atoms with E-state index in [1.807, 2.05) is 13.0 Å². The fourth-order valence-corrected chi connectivity index (χ4v) is 2.25. The zero-order valence-corrected chi connectivity index (χ0v) is 13.3. The number of hydrogen-bond acceptors (Lipinski definition) is 3. The molecule has 4 heteroatoms. The van der Waals surface area contributed by atoms with Crippen molar-refractivity contribution < 1.29 is 14.3 Å². The lowest BCUT2D eigenvalue weighted by atomic mass is 10.1. The summed E-state index contributed by atoms with van der Waals surface area (Å²) in [7, 11) is 0. The standard InChI is InChI=1S/C15H21BrO3/c1-11(2)4-5-18-6-7-19-15-12(3)8-14(16)9-13(15)10-17/h8-11H,4-7H2,1-3H3. The van der Waals surface area contributed by atoms with Crippen molar-refractivity contribution in [3.05, 3.63) is 27.7 Å². The van der Waals surface area contributed by atoms with Crippen LogP contribution < -0.4 is 4.74 Å². The lowest BCUT2D eigenvalue weighted by molar-refractivity contribution is 0.0915. The van der Waals surface area contributed by atoms with Crippen LogP contribution in [0.3, 0.4) is 0 Å². The topological polar surface area (TPSA) is 35.5 Å². The Balaban J connectivity index is 2.43. The van der Waals surface area contributed by atoms with Gasteiger partial charge in [-0.25, -0.2) is 0 Å². The fraction of sp³-hybridized carbons (Fsp3) is 0.533. The third kappa shape index (κ3) is 5.74. The fourth-order valence-electron chi connectivity index (χ4n) is 1.66. The van der Waals surface area contributed by atoms with Gasteiger partial charge in [0.05, 0.1) is 12.2 Å². The van der Waals surface area contributed by atoms with Gasteiger partial charge in [0.2, 0.25) is 0 Å². The van der Waals surface area contributed by atoms with Crippen molar-refractivity contribution in [2.24, 2.45) is 5.92 Å². The van der Waals surface area contributed by atoms with E-state index in [4.69, 9.17) is 9.47 Å². The zero-order chi connectivity index (χ0) is 14.3. The number of ether oxygens (including phenoxy) is 2. The Morgan fingerprint density at radius 2 is 2.00 bits per heavy atom. The molecule has 1 aromatic carbocycles. The molecule has 3 nitrogen and oxygen atoms in total. The lowest BCUT2D eigenvalue weighted by Gasteiger charge is -2.12. The maximum absolute atomic E-state index is 11.0. The molecule has 1 rings (SSSR count). The van der Waals surface area contributed by atoms with Gasteiger partial charge in [0.25, 0.3) is 0 Å². The highest BCUT2D eigenvalue weighted by molar-refractivity contribution is 9.10. The summed E-state index contributed by atoms with van der Waals surface area (Å²) < 4.78 is 12.0. The number of carbonyl (C=O) groups excluding carboxylic acids is 1. The molecule has 0 spiro atoms. The lowest BCUT2D eigenvalue weighted by Crippen LogP contribution is -2.10. The predicted molar refractivity (Wildman–Crippen MR) is 80.0 cm³/mol. The summed E-state index contributed by atoms with van der Waals surface area (Å²) in [6.07, 6.45) is 1.86. The molecular formula is C15H21BrO3. The largest absolute Gasteiger partial charge is 0.490 e. The molecule has 0 aromatic heterocycles. The van der Waals surface area contributed by atoms with Crippen LogP contribution in [-0.4, -0.2) is 26.1 Å². The molecule has 0 unspecified atom stereocenters. The predicted octanol–water partition coefficient (Wildman–Crippen LogP) is 4.01. The third-order valence-electron chi connectivity index (χ3n) is 2.71. The van der Waals surface area contributed by atoms with Gasteiger partial charge >= 0.3 is 0 Å². The molecule has 0 amide bonds. The van der Waals surface area contributed by atoms with Crippen molar-refractivity contribution in [2.75, 3.05) is 19.8 Å². The van der Waals surface area contributed by atoms with Gasteiger partial charge in [-0.15, -0.1) is 0 Å². The van der Waals surface area contributed by atoms with Crippen molar-refractivity contribution in [1.82, 2.24) is 0 Å². The van der Waals surface area contributed by atoms with Crippen LogP contribution in [-0.2, 0) is 4.74 Å². The number of aldehydes is 1. The van der Waals surface area contributed by atoms with Crippen LogP contribution in [0.15, 0.2) is 16.6 Å². The first-order valence-electron chi connectivity index (χ1n) is 6.50. The third-order valence-corrected chi connectivity index (χ3v) is 3.17. The van der Waals surface area contributed by atoms with Crippen LogP contribution in [0.1, 0.15) is 36.2 Å². The normalized spacial score (nSPS) is 10.8. The molecule has 0 saturated carbocycles. The first-order chi connectivity index (χ1) is 9.04. The highest BCUT2D eigenvalue weighted by Crippen LogP contribution is 2.26. The van der Waals surface area contributed by atoms with E-state index >= 15 is 0 Å². The Bertz CT molecular complexity index is 416. The highest BCUT2D eigenvalue weighted by atomic mass is 79.9. The van der Waals surface area contributed by atoms with Crippen LogP contribution in [0.2, 0.25) is 0 Å². The Morgan fingerprint density at radius 3 is 2.63 bits per heavy atom. The smallest absolute Gasteiger partial charge is 0.153 e.